The molecule has 1 nitrogen and oxygen atoms in total. The van der Waals surface area contributed by atoms with Gasteiger partial charge in [0.2, 0.25) is 0 Å². The van der Waals surface area contributed by atoms with E-state index in [2.05, 4.69) is 48.6 Å². The minimum atomic E-state index is 1.15. The van der Waals surface area contributed by atoms with Crippen molar-refractivity contribution >= 4 is 10.8 Å². The molecule has 19 heavy (non-hydrogen) atoms. The number of nitrogens with one attached hydrogen (secondary N) is 1. The lowest BCUT2D eigenvalue weighted by atomic mass is 9.95. The van der Waals surface area contributed by atoms with Crippen LogP contribution in [0.3, 0.4) is 0 Å². The third kappa shape index (κ3) is 3.81. The highest BCUT2D eigenvalue weighted by Gasteiger charge is 2.04. The Labute approximate surface area is 117 Å². The molecule has 0 atom stereocenters. The minimum Gasteiger partial charge on any atom is -0.320 e. The maximum atomic E-state index is 3.21. The van der Waals surface area contributed by atoms with E-state index in [1.54, 1.807) is 5.56 Å². The summed E-state index contributed by atoms with van der Waals surface area (Å²) in [7, 11) is 2.03. The fourth-order valence-corrected chi connectivity index (χ4v) is 2.73. The van der Waals surface area contributed by atoms with E-state index in [1.165, 1.54) is 48.4 Å². The number of unbranched alkanes of at least 4 members (excludes halogenated alkanes) is 3. The first-order valence-electron chi connectivity index (χ1n) is 7.45. The van der Waals surface area contributed by atoms with Gasteiger partial charge in [0, 0.05) is 0 Å². The molecule has 0 fully saturated rings. The molecule has 0 aliphatic heterocycles. The van der Waals surface area contributed by atoms with Crippen molar-refractivity contribution in [2.75, 3.05) is 13.6 Å². The average Bonchev–Trinajstić information content (AvgIpc) is 2.44. The van der Waals surface area contributed by atoms with Crippen LogP contribution in [0.1, 0.15) is 36.8 Å². The van der Waals surface area contributed by atoms with Crippen LogP contribution in [0.2, 0.25) is 0 Å². The number of benzene rings is 2. The van der Waals surface area contributed by atoms with E-state index in [9.17, 15) is 0 Å². The van der Waals surface area contributed by atoms with Crippen LogP contribution in [0, 0.1) is 6.92 Å². The number of fused-ring (bicyclic) bond motifs is 1. The molecule has 0 saturated carbocycles. The molecule has 0 aliphatic carbocycles. The van der Waals surface area contributed by atoms with E-state index in [-0.39, 0.29) is 0 Å². The molecule has 0 heterocycles. The quantitative estimate of drug-likeness (QED) is 0.720. The van der Waals surface area contributed by atoms with Gasteiger partial charge < -0.3 is 5.32 Å². The predicted octanol–water partition coefficient (Wildman–Crippen LogP) is 4.47. The summed E-state index contributed by atoms with van der Waals surface area (Å²) in [6.07, 6.45) is 6.49. The average molecular weight is 255 g/mol. The van der Waals surface area contributed by atoms with E-state index in [4.69, 9.17) is 0 Å². The SMILES string of the molecule is CNCCCCCCc1c(C)ccc2ccccc12. The van der Waals surface area contributed by atoms with Gasteiger partial charge in [-0.15, -0.1) is 0 Å². The van der Waals surface area contributed by atoms with Crippen LogP contribution in [-0.4, -0.2) is 13.6 Å². The molecule has 2 aromatic carbocycles. The highest BCUT2D eigenvalue weighted by molar-refractivity contribution is 5.86. The summed E-state index contributed by atoms with van der Waals surface area (Å²) >= 11 is 0. The standard InChI is InChI=1S/C18H25N/c1-15-12-13-16-9-6-7-11-18(16)17(15)10-5-3-4-8-14-19-2/h6-7,9,11-13,19H,3-5,8,10,14H2,1-2H3. The number of aryl methyl sites for hydroxylation is 2. The first-order chi connectivity index (χ1) is 9.33. The minimum absolute atomic E-state index is 1.15. The van der Waals surface area contributed by atoms with Gasteiger partial charge in [-0.05, 0) is 61.7 Å². The highest BCUT2D eigenvalue weighted by atomic mass is 14.8. The molecular weight excluding hydrogens is 230 g/mol. The third-order valence-electron chi connectivity index (χ3n) is 3.88. The second-order valence-electron chi connectivity index (χ2n) is 5.35. The molecule has 2 rings (SSSR count). The molecule has 0 amide bonds. The summed E-state index contributed by atoms with van der Waals surface area (Å²) < 4.78 is 0. The van der Waals surface area contributed by atoms with Gasteiger partial charge >= 0.3 is 0 Å². The van der Waals surface area contributed by atoms with Crippen LogP contribution in [0.15, 0.2) is 36.4 Å². The highest BCUT2D eigenvalue weighted by Crippen LogP contribution is 2.24. The lowest BCUT2D eigenvalue weighted by molar-refractivity contribution is 0.617. The van der Waals surface area contributed by atoms with Crippen molar-refractivity contribution < 1.29 is 0 Å². The monoisotopic (exact) mass is 255 g/mol. The summed E-state index contributed by atoms with van der Waals surface area (Å²) in [4.78, 5) is 0. The molecule has 0 unspecified atom stereocenters. The Morgan fingerprint density at radius 2 is 1.68 bits per heavy atom. The molecule has 102 valence electrons. The second-order valence-corrected chi connectivity index (χ2v) is 5.35. The zero-order valence-corrected chi connectivity index (χ0v) is 12.2. The molecule has 0 aromatic heterocycles. The Hall–Kier alpha value is -1.34. The first kappa shape index (κ1) is 14.1. The van der Waals surface area contributed by atoms with Crippen LogP contribution in [0.5, 0.6) is 0 Å². The van der Waals surface area contributed by atoms with Crippen molar-refractivity contribution in [1.29, 1.82) is 0 Å². The van der Waals surface area contributed by atoms with Crippen molar-refractivity contribution in [1.82, 2.24) is 5.32 Å². The topological polar surface area (TPSA) is 12.0 Å². The van der Waals surface area contributed by atoms with Gasteiger partial charge in [0.25, 0.3) is 0 Å². The van der Waals surface area contributed by atoms with Gasteiger partial charge in [0.05, 0.1) is 0 Å². The molecule has 1 N–H and O–H groups in total. The summed E-state index contributed by atoms with van der Waals surface area (Å²) in [6, 6.07) is 13.3. The largest absolute Gasteiger partial charge is 0.320 e. The summed E-state index contributed by atoms with van der Waals surface area (Å²) in [5.41, 5.74) is 2.99. The zero-order chi connectivity index (χ0) is 13.5. The molecule has 0 saturated heterocycles. The van der Waals surface area contributed by atoms with Crippen molar-refractivity contribution in [3.8, 4) is 0 Å². The van der Waals surface area contributed by atoms with Crippen LogP contribution in [0.4, 0.5) is 0 Å². The van der Waals surface area contributed by atoms with Crippen molar-refractivity contribution in [3.63, 3.8) is 0 Å². The van der Waals surface area contributed by atoms with E-state index < -0.39 is 0 Å². The smallest absolute Gasteiger partial charge is 0.00519 e. The Morgan fingerprint density at radius 3 is 2.53 bits per heavy atom. The fourth-order valence-electron chi connectivity index (χ4n) is 2.73. The Kier molecular flexibility index (Phi) is 5.41. The second kappa shape index (κ2) is 7.30. The van der Waals surface area contributed by atoms with E-state index >= 15 is 0 Å². The predicted molar refractivity (Wildman–Crippen MR) is 84.8 cm³/mol. The molecular formula is C18H25N. The molecule has 0 radical (unpaired) electrons. The summed E-state index contributed by atoms with van der Waals surface area (Å²) in [5.74, 6) is 0. The summed E-state index contributed by atoms with van der Waals surface area (Å²) in [6.45, 7) is 3.38. The van der Waals surface area contributed by atoms with E-state index in [1.807, 2.05) is 7.05 Å². The van der Waals surface area contributed by atoms with Gasteiger partial charge in [0.15, 0.2) is 0 Å². The van der Waals surface area contributed by atoms with Crippen LogP contribution in [-0.2, 0) is 6.42 Å². The number of hydrogen-bond donors (Lipinski definition) is 1. The molecule has 0 bridgehead atoms. The molecule has 1 heteroatoms. The maximum absolute atomic E-state index is 3.21. The van der Waals surface area contributed by atoms with Crippen LogP contribution < -0.4 is 5.32 Å². The van der Waals surface area contributed by atoms with Crippen molar-refractivity contribution in [3.05, 3.63) is 47.5 Å². The molecule has 2 aromatic rings. The van der Waals surface area contributed by atoms with Crippen molar-refractivity contribution in [2.45, 2.75) is 39.0 Å². The van der Waals surface area contributed by atoms with Gasteiger partial charge in [-0.25, -0.2) is 0 Å². The molecule has 0 aliphatic rings. The Bertz CT molecular complexity index is 516. The van der Waals surface area contributed by atoms with Crippen molar-refractivity contribution in [2.24, 2.45) is 0 Å². The van der Waals surface area contributed by atoms with Gasteiger partial charge in [0.1, 0.15) is 0 Å². The van der Waals surface area contributed by atoms with Gasteiger partial charge in [-0.2, -0.15) is 0 Å². The Morgan fingerprint density at radius 1 is 0.895 bits per heavy atom. The fraction of sp³-hybridized carbons (Fsp3) is 0.444. The Balaban J connectivity index is 1.98. The zero-order valence-electron chi connectivity index (χ0n) is 12.2. The van der Waals surface area contributed by atoms with E-state index in [0.29, 0.717) is 0 Å². The maximum Gasteiger partial charge on any atom is -0.00519 e. The lowest BCUT2D eigenvalue weighted by Gasteiger charge is -2.10. The normalized spacial score (nSPS) is 11.1. The van der Waals surface area contributed by atoms with Crippen LogP contribution >= 0.6 is 0 Å². The van der Waals surface area contributed by atoms with Gasteiger partial charge in [-0.1, -0.05) is 49.2 Å². The van der Waals surface area contributed by atoms with E-state index in [0.717, 1.165) is 6.54 Å². The first-order valence-corrected chi connectivity index (χ1v) is 7.45. The number of rotatable bonds is 7. The molecule has 0 spiro atoms. The number of hydrogen-bond acceptors (Lipinski definition) is 1. The van der Waals surface area contributed by atoms with Gasteiger partial charge in [-0.3, -0.25) is 0 Å². The van der Waals surface area contributed by atoms with Crippen LogP contribution in [0.25, 0.3) is 10.8 Å². The summed E-state index contributed by atoms with van der Waals surface area (Å²) in [5, 5.41) is 6.03. The lowest BCUT2D eigenvalue weighted by Crippen LogP contribution is -2.06. The third-order valence-corrected chi connectivity index (χ3v) is 3.88.